The summed E-state index contributed by atoms with van der Waals surface area (Å²) >= 11 is 0. The Morgan fingerprint density at radius 1 is 1.13 bits per heavy atom. The molecule has 0 atom stereocenters. The molecule has 1 saturated heterocycles. The van der Waals surface area contributed by atoms with E-state index < -0.39 is 11.9 Å². The minimum absolute atomic E-state index is 0.161. The van der Waals surface area contributed by atoms with Gasteiger partial charge in [-0.15, -0.1) is 0 Å². The summed E-state index contributed by atoms with van der Waals surface area (Å²) in [6, 6.07) is 4.63. The first-order valence-corrected chi connectivity index (χ1v) is 12.7. The lowest BCUT2D eigenvalue weighted by Crippen LogP contribution is -2.37. The third-order valence-electron chi connectivity index (χ3n) is 7.06. The SMILES string of the molecule is Cc1nc2n(c(=O)c1CCN1CCC(c3noc4cc(F)ccc34)CC1)CCCC2.O=C(O)/C=C/C(=O)O. The van der Waals surface area contributed by atoms with E-state index in [1.165, 1.54) is 12.1 Å². The van der Waals surface area contributed by atoms with E-state index in [1.807, 2.05) is 11.5 Å². The Labute approximate surface area is 218 Å². The maximum atomic E-state index is 13.4. The van der Waals surface area contributed by atoms with Gasteiger partial charge in [-0.2, -0.15) is 0 Å². The van der Waals surface area contributed by atoms with Gasteiger partial charge in [0.05, 0.1) is 5.69 Å². The molecule has 38 heavy (non-hydrogen) atoms. The monoisotopic (exact) mass is 526 g/mol. The van der Waals surface area contributed by atoms with Gasteiger partial charge in [-0.05, 0) is 64.3 Å². The Kier molecular flexibility index (Phi) is 8.67. The molecule has 5 rings (SSSR count). The normalized spacial score (nSPS) is 16.3. The van der Waals surface area contributed by atoms with E-state index >= 15 is 0 Å². The molecule has 1 fully saturated rings. The number of aliphatic carboxylic acids is 2. The molecule has 0 aliphatic carbocycles. The molecule has 0 spiro atoms. The van der Waals surface area contributed by atoms with Gasteiger partial charge in [0.15, 0.2) is 5.58 Å². The van der Waals surface area contributed by atoms with Crippen LogP contribution in [0.4, 0.5) is 4.39 Å². The van der Waals surface area contributed by atoms with Crippen LogP contribution in [-0.2, 0) is 29.0 Å². The quantitative estimate of drug-likeness (QED) is 0.463. The third-order valence-corrected chi connectivity index (χ3v) is 7.06. The first-order chi connectivity index (χ1) is 18.2. The zero-order valence-corrected chi connectivity index (χ0v) is 21.2. The van der Waals surface area contributed by atoms with E-state index in [0.717, 1.165) is 92.9 Å². The lowest BCUT2D eigenvalue weighted by Gasteiger charge is -2.31. The molecule has 0 unspecified atom stereocenters. The van der Waals surface area contributed by atoms with Crippen molar-refractivity contribution in [3.8, 4) is 0 Å². The second kappa shape index (κ2) is 12.1. The predicted molar refractivity (Wildman–Crippen MR) is 137 cm³/mol. The van der Waals surface area contributed by atoms with E-state index in [1.54, 1.807) is 6.07 Å². The number of rotatable bonds is 6. The zero-order chi connectivity index (χ0) is 27.2. The highest BCUT2D eigenvalue weighted by molar-refractivity contribution is 5.89. The summed E-state index contributed by atoms with van der Waals surface area (Å²) in [6.07, 6.45) is 6.93. The number of hydrogen-bond donors (Lipinski definition) is 2. The van der Waals surface area contributed by atoms with Gasteiger partial charge in [0.1, 0.15) is 11.6 Å². The summed E-state index contributed by atoms with van der Waals surface area (Å²) in [7, 11) is 0. The first-order valence-electron chi connectivity index (χ1n) is 12.7. The number of aryl methyl sites for hydroxylation is 2. The standard InChI is InChI=1S/C23H27FN4O2.C4H4O4/c1-15-18(23(29)28-10-3-2-4-21(28)25-15)9-13-27-11-7-16(8-12-27)22-19-6-5-17(24)14-20(19)30-26-22;5-3(6)1-2-4(7)8/h5-6,14,16H,2-4,7-13H2,1H3;1-2H,(H,5,6)(H,7,8)/b;2-1+. The topological polar surface area (TPSA) is 139 Å². The highest BCUT2D eigenvalue weighted by atomic mass is 19.1. The number of nitrogens with zero attached hydrogens (tertiary/aromatic N) is 4. The minimum Gasteiger partial charge on any atom is -0.478 e. The maximum Gasteiger partial charge on any atom is 0.328 e. The van der Waals surface area contributed by atoms with Gasteiger partial charge in [0.2, 0.25) is 0 Å². The summed E-state index contributed by atoms with van der Waals surface area (Å²) in [5.74, 6) is -1.54. The van der Waals surface area contributed by atoms with E-state index in [9.17, 15) is 18.8 Å². The Morgan fingerprint density at radius 3 is 2.53 bits per heavy atom. The van der Waals surface area contributed by atoms with Gasteiger partial charge in [0.25, 0.3) is 5.56 Å². The average Bonchev–Trinajstić information content (AvgIpc) is 3.31. The van der Waals surface area contributed by atoms with Gasteiger partial charge in [0, 0.05) is 60.3 Å². The highest BCUT2D eigenvalue weighted by Gasteiger charge is 2.25. The van der Waals surface area contributed by atoms with Crippen LogP contribution in [0.25, 0.3) is 11.0 Å². The van der Waals surface area contributed by atoms with Crippen molar-refractivity contribution in [3.63, 3.8) is 0 Å². The van der Waals surface area contributed by atoms with E-state index in [0.29, 0.717) is 23.7 Å². The Hall–Kier alpha value is -3.86. The molecule has 1 aromatic carbocycles. The van der Waals surface area contributed by atoms with Crippen LogP contribution in [0, 0.1) is 12.7 Å². The van der Waals surface area contributed by atoms with Crippen molar-refractivity contribution < 1.29 is 28.7 Å². The molecule has 2 aliphatic rings. The van der Waals surface area contributed by atoms with Crippen molar-refractivity contribution in [2.75, 3.05) is 19.6 Å². The third kappa shape index (κ3) is 6.52. The minimum atomic E-state index is -1.26. The molecule has 2 N–H and O–H groups in total. The van der Waals surface area contributed by atoms with Crippen molar-refractivity contribution in [1.29, 1.82) is 0 Å². The smallest absolute Gasteiger partial charge is 0.328 e. The van der Waals surface area contributed by atoms with E-state index in [-0.39, 0.29) is 11.4 Å². The molecule has 0 saturated carbocycles. The average molecular weight is 527 g/mol. The van der Waals surface area contributed by atoms with Crippen LogP contribution in [0.1, 0.15) is 54.4 Å². The van der Waals surface area contributed by atoms with Gasteiger partial charge in [-0.1, -0.05) is 5.16 Å². The van der Waals surface area contributed by atoms with Gasteiger partial charge < -0.3 is 19.6 Å². The molecular formula is C27H31FN4O6. The second-order valence-corrected chi connectivity index (χ2v) is 9.59. The van der Waals surface area contributed by atoms with Crippen molar-refractivity contribution >= 4 is 22.9 Å². The summed E-state index contributed by atoms with van der Waals surface area (Å²) in [4.78, 5) is 39.2. The summed E-state index contributed by atoms with van der Waals surface area (Å²) in [5.41, 5.74) is 3.38. The van der Waals surface area contributed by atoms with Crippen molar-refractivity contribution in [2.24, 2.45) is 0 Å². The molecule has 0 radical (unpaired) electrons. The van der Waals surface area contributed by atoms with Gasteiger partial charge in [-0.25, -0.2) is 19.0 Å². The number of likely N-dealkylation sites (tertiary alicyclic amines) is 1. The molecule has 2 aliphatic heterocycles. The number of hydrogen-bond acceptors (Lipinski definition) is 7. The largest absolute Gasteiger partial charge is 0.478 e. The number of carbonyl (C=O) groups is 2. The fourth-order valence-corrected chi connectivity index (χ4v) is 5.09. The number of carboxylic acid groups (broad SMARTS) is 2. The van der Waals surface area contributed by atoms with Crippen molar-refractivity contribution in [3.05, 3.63) is 69.3 Å². The van der Waals surface area contributed by atoms with Crippen LogP contribution in [0.2, 0.25) is 0 Å². The van der Waals surface area contributed by atoms with E-state index in [4.69, 9.17) is 19.7 Å². The second-order valence-electron chi connectivity index (χ2n) is 9.59. The first kappa shape index (κ1) is 27.2. The fraction of sp³-hybridized carbons (Fsp3) is 0.444. The van der Waals surface area contributed by atoms with Crippen molar-refractivity contribution in [1.82, 2.24) is 19.6 Å². The molecule has 11 heteroatoms. The number of piperidine rings is 1. The lowest BCUT2D eigenvalue weighted by molar-refractivity contribution is -0.134. The van der Waals surface area contributed by atoms with E-state index in [2.05, 4.69) is 10.1 Å². The summed E-state index contributed by atoms with van der Waals surface area (Å²) in [6.45, 7) is 5.55. The molecule has 0 bridgehead atoms. The van der Waals surface area contributed by atoms with Crippen LogP contribution >= 0.6 is 0 Å². The van der Waals surface area contributed by atoms with Gasteiger partial charge in [-0.3, -0.25) is 9.36 Å². The predicted octanol–water partition coefficient (Wildman–Crippen LogP) is 3.30. The number of benzene rings is 1. The number of aromatic nitrogens is 3. The lowest BCUT2D eigenvalue weighted by atomic mass is 9.91. The highest BCUT2D eigenvalue weighted by Crippen LogP contribution is 2.32. The zero-order valence-electron chi connectivity index (χ0n) is 21.2. The Balaban J connectivity index is 0.000000368. The molecule has 2 aromatic heterocycles. The van der Waals surface area contributed by atoms with Crippen LogP contribution < -0.4 is 5.56 Å². The van der Waals surface area contributed by atoms with Crippen LogP contribution in [0.5, 0.6) is 0 Å². The summed E-state index contributed by atoms with van der Waals surface area (Å²) < 4.78 is 20.6. The summed E-state index contributed by atoms with van der Waals surface area (Å²) in [5, 5.41) is 20.8. The molecule has 202 valence electrons. The number of fused-ring (bicyclic) bond motifs is 2. The molecular weight excluding hydrogens is 495 g/mol. The Bertz CT molecular complexity index is 1390. The van der Waals surface area contributed by atoms with Crippen molar-refractivity contribution in [2.45, 2.75) is 57.9 Å². The van der Waals surface area contributed by atoms with Gasteiger partial charge >= 0.3 is 11.9 Å². The molecule has 10 nitrogen and oxygen atoms in total. The van der Waals surface area contributed by atoms with Crippen LogP contribution in [-0.4, -0.2) is 61.4 Å². The molecule has 3 aromatic rings. The van der Waals surface area contributed by atoms with Crippen LogP contribution in [0.15, 0.2) is 39.7 Å². The maximum absolute atomic E-state index is 13.4. The Morgan fingerprint density at radius 2 is 1.84 bits per heavy atom. The number of carboxylic acids is 2. The molecule has 0 amide bonds. The fourth-order valence-electron chi connectivity index (χ4n) is 5.09. The van der Waals surface area contributed by atoms with Crippen LogP contribution in [0.3, 0.4) is 0 Å². The molecule has 4 heterocycles. The number of halogens is 1.